The Morgan fingerprint density at radius 2 is 2.09 bits per heavy atom. The normalized spacial score (nSPS) is 10.9. The Morgan fingerprint density at radius 3 is 2.65 bits per heavy atom. The summed E-state index contributed by atoms with van der Waals surface area (Å²) < 4.78 is 1.82. The Hall–Kier alpha value is -2.96. The molecule has 1 amide bonds. The number of nitro groups is 1. The van der Waals surface area contributed by atoms with Gasteiger partial charge in [0.25, 0.3) is 5.69 Å². The van der Waals surface area contributed by atoms with Crippen LogP contribution < -0.4 is 5.32 Å². The highest BCUT2D eigenvalue weighted by molar-refractivity contribution is 5.91. The third-order valence-electron chi connectivity index (χ3n) is 3.36. The van der Waals surface area contributed by atoms with E-state index in [1.807, 2.05) is 24.7 Å². The van der Waals surface area contributed by atoms with Crippen molar-refractivity contribution in [3.8, 4) is 0 Å². The lowest BCUT2D eigenvalue weighted by atomic mass is 10.2. The summed E-state index contributed by atoms with van der Waals surface area (Å²) in [7, 11) is 0. The number of hydrogen-bond acceptors (Lipinski definition) is 4. The van der Waals surface area contributed by atoms with Gasteiger partial charge in [0.1, 0.15) is 0 Å². The zero-order chi connectivity index (χ0) is 16.8. The van der Waals surface area contributed by atoms with Crippen LogP contribution in [0.5, 0.6) is 0 Å². The second-order valence-corrected chi connectivity index (χ2v) is 5.00. The van der Waals surface area contributed by atoms with Crippen molar-refractivity contribution in [3.05, 3.63) is 63.5 Å². The van der Waals surface area contributed by atoms with Crippen molar-refractivity contribution in [2.75, 3.05) is 0 Å². The van der Waals surface area contributed by atoms with Crippen LogP contribution in [-0.4, -0.2) is 20.6 Å². The molecule has 1 N–H and O–H groups in total. The Morgan fingerprint density at radius 1 is 1.39 bits per heavy atom. The third-order valence-corrected chi connectivity index (χ3v) is 3.36. The van der Waals surface area contributed by atoms with Crippen molar-refractivity contribution in [1.82, 2.24) is 15.1 Å². The topological polar surface area (TPSA) is 90.1 Å². The SMILES string of the molecule is CCn1cc(CNC(=O)C=Cc2ccc([N+](=O)[O-])cc2)c(C)n1. The average molecular weight is 314 g/mol. The number of carbonyl (C=O) groups excluding carboxylic acids is 1. The molecule has 2 aromatic rings. The minimum absolute atomic E-state index is 0.0232. The first-order valence-corrected chi connectivity index (χ1v) is 7.23. The van der Waals surface area contributed by atoms with Crippen LogP contribution in [0.15, 0.2) is 36.5 Å². The molecule has 7 nitrogen and oxygen atoms in total. The van der Waals surface area contributed by atoms with Crippen molar-refractivity contribution in [2.24, 2.45) is 0 Å². The molecule has 2 rings (SSSR count). The smallest absolute Gasteiger partial charge is 0.269 e. The molecule has 0 atom stereocenters. The summed E-state index contributed by atoms with van der Waals surface area (Å²) in [5.41, 5.74) is 2.62. The zero-order valence-corrected chi connectivity index (χ0v) is 13.0. The highest BCUT2D eigenvalue weighted by Gasteiger charge is 2.05. The van der Waals surface area contributed by atoms with Crippen LogP contribution in [0.4, 0.5) is 5.69 Å². The van der Waals surface area contributed by atoms with Crippen molar-refractivity contribution in [3.63, 3.8) is 0 Å². The van der Waals surface area contributed by atoms with Gasteiger partial charge in [0.15, 0.2) is 0 Å². The zero-order valence-electron chi connectivity index (χ0n) is 13.0. The largest absolute Gasteiger partial charge is 0.348 e. The maximum atomic E-state index is 11.8. The van der Waals surface area contributed by atoms with E-state index in [9.17, 15) is 14.9 Å². The number of non-ortho nitro benzene ring substituents is 1. The number of carbonyl (C=O) groups is 1. The first kappa shape index (κ1) is 16.4. The van der Waals surface area contributed by atoms with Crippen molar-refractivity contribution >= 4 is 17.7 Å². The second kappa shape index (κ2) is 7.35. The Balaban J connectivity index is 1.91. The molecule has 120 valence electrons. The van der Waals surface area contributed by atoms with Gasteiger partial charge in [-0.2, -0.15) is 5.10 Å². The summed E-state index contributed by atoms with van der Waals surface area (Å²) in [6, 6.07) is 5.99. The standard InChI is InChI=1S/C16H18N4O3/c1-3-19-11-14(12(2)18-19)10-17-16(21)9-6-13-4-7-15(8-5-13)20(22)23/h4-9,11H,3,10H2,1-2H3,(H,17,21). The van der Waals surface area contributed by atoms with Crippen LogP contribution in [0.1, 0.15) is 23.7 Å². The summed E-state index contributed by atoms with van der Waals surface area (Å²) in [6.45, 7) is 5.10. The minimum Gasteiger partial charge on any atom is -0.348 e. The number of nitrogens with zero attached hydrogens (tertiary/aromatic N) is 3. The number of nitrogens with one attached hydrogen (secondary N) is 1. The summed E-state index contributed by atoms with van der Waals surface area (Å²) in [5.74, 6) is -0.230. The quantitative estimate of drug-likeness (QED) is 0.504. The Kier molecular flexibility index (Phi) is 5.24. The van der Waals surface area contributed by atoms with Gasteiger partial charge in [-0.05, 0) is 37.6 Å². The number of aromatic nitrogens is 2. The monoisotopic (exact) mass is 314 g/mol. The average Bonchev–Trinajstić information content (AvgIpc) is 2.91. The molecule has 0 aliphatic carbocycles. The maximum absolute atomic E-state index is 11.8. The van der Waals surface area contributed by atoms with Gasteiger partial charge in [-0.1, -0.05) is 0 Å². The molecule has 0 bridgehead atoms. The molecule has 0 spiro atoms. The fourth-order valence-electron chi connectivity index (χ4n) is 2.01. The highest BCUT2D eigenvalue weighted by atomic mass is 16.6. The molecular formula is C16H18N4O3. The maximum Gasteiger partial charge on any atom is 0.269 e. The van der Waals surface area contributed by atoms with E-state index >= 15 is 0 Å². The fourth-order valence-corrected chi connectivity index (χ4v) is 2.01. The van der Waals surface area contributed by atoms with Crippen molar-refractivity contribution in [1.29, 1.82) is 0 Å². The van der Waals surface area contributed by atoms with Gasteiger partial charge in [0, 0.05) is 43.1 Å². The minimum atomic E-state index is -0.459. The second-order valence-electron chi connectivity index (χ2n) is 5.00. The lowest BCUT2D eigenvalue weighted by Gasteiger charge is -2.00. The first-order chi connectivity index (χ1) is 11.0. The summed E-state index contributed by atoms with van der Waals surface area (Å²) in [6.07, 6.45) is 4.93. The summed E-state index contributed by atoms with van der Waals surface area (Å²) >= 11 is 0. The highest BCUT2D eigenvalue weighted by Crippen LogP contribution is 2.12. The lowest BCUT2D eigenvalue weighted by Crippen LogP contribution is -2.20. The predicted octanol–water partition coefficient (Wildman–Crippen LogP) is 2.45. The molecule has 1 heterocycles. The van der Waals surface area contributed by atoms with E-state index in [-0.39, 0.29) is 11.6 Å². The van der Waals surface area contributed by atoms with E-state index in [4.69, 9.17) is 0 Å². The number of aryl methyl sites for hydroxylation is 2. The lowest BCUT2D eigenvalue weighted by molar-refractivity contribution is -0.384. The predicted molar refractivity (Wildman–Crippen MR) is 86.6 cm³/mol. The molecule has 0 fully saturated rings. The number of amides is 1. The Labute approximate surface area is 133 Å². The molecular weight excluding hydrogens is 296 g/mol. The molecule has 0 aliphatic rings. The van der Waals surface area contributed by atoms with Gasteiger partial charge in [-0.15, -0.1) is 0 Å². The van der Waals surface area contributed by atoms with Gasteiger partial charge in [-0.3, -0.25) is 19.6 Å². The third kappa shape index (κ3) is 4.50. The molecule has 7 heteroatoms. The summed E-state index contributed by atoms with van der Waals surface area (Å²) in [4.78, 5) is 21.9. The van der Waals surface area contributed by atoms with Crippen molar-refractivity contribution < 1.29 is 9.72 Å². The van der Waals surface area contributed by atoms with E-state index in [2.05, 4.69) is 10.4 Å². The van der Waals surface area contributed by atoms with E-state index < -0.39 is 4.92 Å². The number of benzene rings is 1. The van der Waals surface area contributed by atoms with Gasteiger partial charge in [-0.25, -0.2) is 0 Å². The molecule has 0 saturated carbocycles. The number of rotatable bonds is 6. The van der Waals surface area contributed by atoms with Crippen LogP contribution in [0.25, 0.3) is 6.08 Å². The van der Waals surface area contributed by atoms with E-state index in [1.54, 1.807) is 18.2 Å². The van der Waals surface area contributed by atoms with Gasteiger partial charge in [0.05, 0.1) is 10.6 Å². The molecule has 1 aromatic carbocycles. The van der Waals surface area contributed by atoms with Crippen LogP contribution in [0.3, 0.4) is 0 Å². The van der Waals surface area contributed by atoms with Gasteiger partial charge >= 0.3 is 0 Å². The molecule has 0 unspecified atom stereocenters. The van der Waals surface area contributed by atoms with Gasteiger partial charge < -0.3 is 5.32 Å². The van der Waals surface area contributed by atoms with Crippen molar-refractivity contribution in [2.45, 2.75) is 26.9 Å². The van der Waals surface area contributed by atoms with E-state index in [0.717, 1.165) is 23.4 Å². The molecule has 0 saturated heterocycles. The van der Waals surface area contributed by atoms with Crippen LogP contribution in [0.2, 0.25) is 0 Å². The van der Waals surface area contributed by atoms with Gasteiger partial charge in [0.2, 0.25) is 5.91 Å². The first-order valence-electron chi connectivity index (χ1n) is 7.23. The Bertz CT molecular complexity index is 732. The molecule has 0 aliphatic heterocycles. The molecule has 0 radical (unpaired) electrons. The molecule has 23 heavy (non-hydrogen) atoms. The van der Waals surface area contributed by atoms with E-state index in [1.165, 1.54) is 18.2 Å². The van der Waals surface area contributed by atoms with E-state index in [0.29, 0.717) is 6.54 Å². The summed E-state index contributed by atoms with van der Waals surface area (Å²) in [5, 5.41) is 17.7. The number of hydrogen-bond donors (Lipinski definition) is 1. The molecule has 1 aromatic heterocycles. The van der Waals surface area contributed by atoms with Crippen LogP contribution in [-0.2, 0) is 17.9 Å². The van der Waals surface area contributed by atoms with Crippen LogP contribution in [0, 0.1) is 17.0 Å². The fraction of sp³-hybridized carbons (Fsp3) is 0.250. The van der Waals surface area contributed by atoms with Crippen LogP contribution >= 0.6 is 0 Å². The number of nitro benzene ring substituents is 1.